The van der Waals surface area contributed by atoms with Crippen molar-refractivity contribution in [3.8, 4) is 89.0 Å². The SMILES string of the molecule is c1ccc(-c2ccc(-c3ccc(N(c4ccc(-c5ccc(-c6ccccc6)c(-c6ccccc6)c5)cc4)c4ccc(-c5ccc6ccccc6c5-c5ccccc5)cc4)cc3)cc2-c2ccccc2)cc1. The van der Waals surface area contributed by atoms with Crippen LogP contribution in [-0.2, 0) is 0 Å². The summed E-state index contributed by atoms with van der Waals surface area (Å²) in [6.07, 6.45) is 0. The molecule has 334 valence electrons. The molecule has 0 amide bonds. The topological polar surface area (TPSA) is 3.24 Å². The second-order valence-corrected chi connectivity index (χ2v) is 18.0. The van der Waals surface area contributed by atoms with Gasteiger partial charge >= 0.3 is 0 Å². The van der Waals surface area contributed by atoms with Gasteiger partial charge in [0.05, 0.1) is 0 Å². The summed E-state index contributed by atoms with van der Waals surface area (Å²) < 4.78 is 0. The Kier molecular flexibility index (Phi) is 11.7. The van der Waals surface area contributed by atoms with Crippen LogP contribution in [-0.4, -0.2) is 0 Å². The smallest absolute Gasteiger partial charge is 0.0462 e. The van der Waals surface area contributed by atoms with Crippen LogP contribution in [0.5, 0.6) is 0 Å². The molecule has 0 unspecified atom stereocenters. The molecule has 12 aromatic carbocycles. The predicted molar refractivity (Wildman–Crippen MR) is 302 cm³/mol. The van der Waals surface area contributed by atoms with Crippen LogP contribution >= 0.6 is 0 Å². The summed E-state index contributed by atoms with van der Waals surface area (Å²) in [6.45, 7) is 0. The van der Waals surface area contributed by atoms with Crippen LogP contribution in [0.3, 0.4) is 0 Å². The normalized spacial score (nSPS) is 11.1. The van der Waals surface area contributed by atoms with Gasteiger partial charge in [-0.25, -0.2) is 0 Å². The summed E-state index contributed by atoms with van der Waals surface area (Å²) in [5.74, 6) is 0. The average Bonchev–Trinajstić information content (AvgIpc) is 3.46. The van der Waals surface area contributed by atoms with Crippen LogP contribution in [0, 0.1) is 0 Å². The number of hydrogen-bond acceptors (Lipinski definition) is 1. The van der Waals surface area contributed by atoms with Crippen LogP contribution in [0.2, 0.25) is 0 Å². The average molecular weight is 904 g/mol. The molecular weight excluding hydrogens is 855 g/mol. The number of rotatable bonds is 11. The molecule has 0 bridgehead atoms. The van der Waals surface area contributed by atoms with Crippen molar-refractivity contribution in [2.75, 3.05) is 4.90 Å². The van der Waals surface area contributed by atoms with E-state index >= 15 is 0 Å². The molecule has 0 aliphatic rings. The lowest BCUT2D eigenvalue weighted by atomic mass is 9.89. The highest BCUT2D eigenvalue weighted by Gasteiger charge is 2.18. The largest absolute Gasteiger partial charge is 0.311 e. The lowest BCUT2D eigenvalue weighted by molar-refractivity contribution is 1.28. The Bertz CT molecular complexity index is 3570. The molecular formula is C70H49N. The fraction of sp³-hybridized carbons (Fsp3) is 0. The summed E-state index contributed by atoms with van der Waals surface area (Å²) in [7, 11) is 0. The Morgan fingerprint density at radius 2 is 0.493 bits per heavy atom. The molecule has 0 spiro atoms. The van der Waals surface area contributed by atoms with Crippen molar-refractivity contribution in [2.45, 2.75) is 0 Å². The highest BCUT2D eigenvalue weighted by atomic mass is 15.1. The third-order valence-electron chi connectivity index (χ3n) is 13.7. The zero-order valence-corrected chi connectivity index (χ0v) is 39.2. The van der Waals surface area contributed by atoms with E-state index in [2.05, 4.69) is 302 Å². The molecule has 71 heavy (non-hydrogen) atoms. The molecule has 0 aromatic heterocycles. The van der Waals surface area contributed by atoms with Crippen molar-refractivity contribution in [3.63, 3.8) is 0 Å². The van der Waals surface area contributed by atoms with Crippen molar-refractivity contribution in [1.82, 2.24) is 0 Å². The molecule has 0 saturated heterocycles. The van der Waals surface area contributed by atoms with E-state index < -0.39 is 0 Å². The maximum absolute atomic E-state index is 2.37. The summed E-state index contributed by atoms with van der Waals surface area (Å²) >= 11 is 0. The quantitative estimate of drug-likeness (QED) is 0.125. The number of hydrogen-bond donors (Lipinski definition) is 0. The standard InChI is InChI=1S/C70H49N/c1-6-18-52(19-7-1)64-45-37-59(48-68(64)54-22-10-3-11-23-54)50-30-39-61(40-31-50)71(63-43-34-57(35-44-63)67-47-36-56-26-16-17-29-66(56)70(67)58-27-14-5-15-28-58)62-41-32-51(33-42-62)60-38-46-65(53-20-8-2-9-21-53)69(49-60)55-24-12-4-13-25-55/h1-49H. The van der Waals surface area contributed by atoms with Crippen molar-refractivity contribution < 1.29 is 0 Å². The van der Waals surface area contributed by atoms with Crippen LogP contribution in [0.1, 0.15) is 0 Å². The van der Waals surface area contributed by atoms with E-state index in [9.17, 15) is 0 Å². The van der Waals surface area contributed by atoms with Crippen LogP contribution in [0.25, 0.3) is 99.8 Å². The van der Waals surface area contributed by atoms with E-state index in [0.29, 0.717) is 0 Å². The van der Waals surface area contributed by atoms with Crippen LogP contribution < -0.4 is 4.90 Å². The molecule has 0 atom stereocenters. The van der Waals surface area contributed by atoms with E-state index in [1.54, 1.807) is 0 Å². The first-order chi connectivity index (χ1) is 35.2. The minimum absolute atomic E-state index is 1.08. The molecule has 1 nitrogen and oxygen atoms in total. The summed E-state index contributed by atoms with van der Waals surface area (Å²) in [5, 5.41) is 2.48. The van der Waals surface area contributed by atoms with Crippen molar-refractivity contribution in [2.24, 2.45) is 0 Å². The third kappa shape index (κ3) is 8.74. The first kappa shape index (κ1) is 43.0. The number of fused-ring (bicyclic) bond motifs is 1. The van der Waals surface area contributed by atoms with Crippen molar-refractivity contribution in [3.05, 3.63) is 297 Å². The molecule has 0 fully saturated rings. The molecule has 0 N–H and O–H groups in total. The van der Waals surface area contributed by atoms with Gasteiger partial charge in [-0.2, -0.15) is 0 Å². The second kappa shape index (κ2) is 19.4. The van der Waals surface area contributed by atoms with Crippen LogP contribution in [0.4, 0.5) is 17.1 Å². The summed E-state index contributed by atoms with van der Waals surface area (Å²) in [4.78, 5) is 2.37. The van der Waals surface area contributed by atoms with Gasteiger partial charge in [-0.05, 0) is 148 Å². The predicted octanol–water partition coefficient (Wildman–Crippen LogP) is 19.6. The van der Waals surface area contributed by atoms with Gasteiger partial charge in [0.2, 0.25) is 0 Å². The van der Waals surface area contributed by atoms with E-state index in [1.165, 1.54) is 88.7 Å². The summed E-state index contributed by atoms with van der Waals surface area (Å²) in [5.41, 5.74) is 22.4. The Balaban J connectivity index is 0.941. The van der Waals surface area contributed by atoms with Crippen LogP contribution in [0.15, 0.2) is 297 Å². The van der Waals surface area contributed by atoms with Gasteiger partial charge in [-0.1, -0.05) is 249 Å². The fourth-order valence-electron chi connectivity index (χ4n) is 10.2. The van der Waals surface area contributed by atoms with Gasteiger partial charge in [0.15, 0.2) is 0 Å². The molecule has 0 heterocycles. The molecule has 0 saturated carbocycles. The number of anilines is 3. The highest BCUT2D eigenvalue weighted by molar-refractivity contribution is 6.04. The van der Waals surface area contributed by atoms with Gasteiger partial charge in [0.1, 0.15) is 0 Å². The molecule has 0 aliphatic heterocycles. The lowest BCUT2D eigenvalue weighted by Gasteiger charge is -2.26. The number of benzene rings is 12. The molecule has 0 aliphatic carbocycles. The Morgan fingerprint density at radius 1 is 0.183 bits per heavy atom. The van der Waals surface area contributed by atoms with Gasteiger partial charge in [-0.3, -0.25) is 0 Å². The molecule has 1 heteroatoms. The Labute approximate surface area is 416 Å². The molecule has 12 rings (SSSR count). The maximum Gasteiger partial charge on any atom is 0.0462 e. The fourth-order valence-corrected chi connectivity index (χ4v) is 10.2. The van der Waals surface area contributed by atoms with Gasteiger partial charge < -0.3 is 4.90 Å². The molecule has 12 aromatic rings. The van der Waals surface area contributed by atoms with E-state index in [-0.39, 0.29) is 0 Å². The Morgan fingerprint density at radius 3 is 0.915 bits per heavy atom. The van der Waals surface area contributed by atoms with Gasteiger partial charge in [-0.15, -0.1) is 0 Å². The highest BCUT2D eigenvalue weighted by Crippen LogP contribution is 2.43. The monoisotopic (exact) mass is 903 g/mol. The van der Waals surface area contributed by atoms with Crippen molar-refractivity contribution in [1.29, 1.82) is 0 Å². The van der Waals surface area contributed by atoms with E-state index in [1.807, 2.05) is 0 Å². The maximum atomic E-state index is 2.37. The minimum atomic E-state index is 1.08. The number of nitrogens with zero attached hydrogens (tertiary/aromatic N) is 1. The third-order valence-corrected chi connectivity index (χ3v) is 13.7. The summed E-state index contributed by atoms with van der Waals surface area (Å²) in [6, 6.07) is 108. The van der Waals surface area contributed by atoms with Gasteiger partial charge in [0.25, 0.3) is 0 Å². The lowest BCUT2D eigenvalue weighted by Crippen LogP contribution is -2.09. The van der Waals surface area contributed by atoms with E-state index in [4.69, 9.17) is 0 Å². The zero-order valence-electron chi connectivity index (χ0n) is 39.2. The molecule has 0 radical (unpaired) electrons. The minimum Gasteiger partial charge on any atom is -0.311 e. The first-order valence-electron chi connectivity index (χ1n) is 24.4. The first-order valence-corrected chi connectivity index (χ1v) is 24.4. The van der Waals surface area contributed by atoms with Gasteiger partial charge in [0, 0.05) is 17.1 Å². The van der Waals surface area contributed by atoms with E-state index in [0.717, 1.165) is 28.2 Å². The zero-order chi connectivity index (χ0) is 47.3. The Hall–Kier alpha value is -9.30. The second-order valence-electron chi connectivity index (χ2n) is 18.0. The van der Waals surface area contributed by atoms with Crippen molar-refractivity contribution >= 4 is 27.8 Å².